The zero-order valence-electron chi connectivity index (χ0n) is 9.74. The van der Waals surface area contributed by atoms with Crippen LogP contribution in [0.3, 0.4) is 0 Å². The molecule has 92 valence electrons. The molecule has 0 saturated heterocycles. The second-order valence-corrected chi connectivity index (χ2v) is 5.09. The predicted octanol–water partition coefficient (Wildman–Crippen LogP) is 3.86. The molecule has 0 aliphatic heterocycles. The Balaban J connectivity index is 1.89. The fourth-order valence-electron chi connectivity index (χ4n) is 1.91. The van der Waals surface area contributed by atoms with Gasteiger partial charge in [-0.25, -0.2) is 4.79 Å². The summed E-state index contributed by atoms with van der Waals surface area (Å²) in [7, 11) is 0. The van der Waals surface area contributed by atoms with Crippen molar-refractivity contribution in [1.82, 2.24) is 0 Å². The number of hydrogen-bond donors (Lipinski definition) is 0. The van der Waals surface area contributed by atoms with E-state index in [1.54, 1.807) is 6.07 Å². The molecular formula is C13H15BrO3. The van der Waals surface area contributed by atoms with E-state index >= 15 is 0 Å². The van der Waals surface area contributed by atoms with Gasteiger partial charge in [0.05, 0.1) is 6.61 Å². The molecule has 0 radical (unpaired) electrons. The standard InChI is InChI=1S/C13H15BrO3/c1-9-7-11(14)17-12(9)13(15)16-8-10-5-3-2-4-6-10/h2-3,7,10H,4-6,8H2,1H3. The number of halogens is 1. The van der Waals surface area contributed by atoms with Gasteiger partial charge in [0.25, 0.3) is 0 Å². The van der Waals surface area contributed by atoms with Crippen LogP contribution in [0.4, 0.5) is 0 Å². The molecule has 0 aromatic carbocycles. The van der Waals surface area contributed by atoms with E-state index in [4.69, 9.17) is 9.15 Å². The Morgan fingerprint density at radius 3 is 3.00 bits per heavy atom. The van der Waals surface area contributed by atoms with Gasteiger partial charge in [0.2, 0.25) is 5.76 Å². The summed E-state index contributed by atoms with van der Waals surface area (Å²) in [6.45, 7) is 2.30. The highest BCUT2D eigenvalue weighted by Gasteiger charge is 2.18. The Kier molecular flexibility index (Phi) is 4.05. The summed E-state index contributed by atoms with van der Waals surface area (Å²) in [6.07, 6.45) is 7.48. The van der Waals surface area contributed by atoms with Crippen molar-refractivity contribution >= 4 is 21.9 Å². The molecule has 1 heterocycles. The van der Waals surface area contributed by atoms with Gasteiger partial charge in [-0.2, -0.15) is 0 Å². The SMILES string of the molecule is Cc1cc(Br)oc1C(=O)OCC1CC=CCC1. The van der Waals surface area contributed by atoms with Crippen molar-refractivity contribution in [1.29, 1.82) is 0 Å². The average molecular weight is 299 g/mol. The summed E-state index contributed by atoms with van der Waals surface area (Å²) < 4.78 is 11.1. The topological polar surface area (TPSA) is 39.4 Å². The smallest absolute Gasteiger partial charge is 0.374 e. The van der Waals surface area contributed by atoms with Crippen molar-refractivity contribution in [3.05, 3.63) is 34.2 Å². The summed E-state index contributed by atoms with van der Waals surface area (Å²) in [5.41, 5.74) is 0.797. The van der Waals surface area contributed by atoms with Crippen molar-refractivity contribution in [2.24, 2.45) is 5.92 Å². The summed E-state index contributed by atoms with van der Waals surface area (Å²) in [5, 5.41) is 0. The summed E-state index contributed by atoms with van der Waals surface area (Å²) >= 11 is 3.20. The molecule has 0 fully saturated rings. The molecule has 0 saturated carbocycles. The van der Waals surface area contributed by atoms with Gasteiger partial charge in [0.15, 0.2) is 4.67 Å². The van der Waals surface area contributed by atoms with Crippen LogP contribution in [-0.2, 0) is 4.74 Å². The maximum absolute atomic E-state index is 11.8. The van der Waals surface area contributed by atoms with Gasteiger partial charge >= 0.3 is 5.97 Å². The minimum absolute atomic E-state index is 0.295. The van der Waals surface area contributed by atoms with Crippen LogP contribution in [0.25, 0.3) is 0 Å². The molecule has 1 aromatic heterocycles. The molecule has 2 rings (SSSR count). The van der Waals surface area contributed by atoms with Crippen LogP contribution in [-0.4, -0.2) is 12.6 Å². The van der Waals surface area contributed by atoms with Crippen LogP contribution in [0.5, 0.6) is 0 Å². The zero-order chi connectivity index (χ0) is 12.3. The Bertz CT molecular complexity index is 434. The Morgan fingerprint density at radius 1 is 1.59 bits per heavy atom. The van der Waals surface area contributed by atoms with Crippen molar-refractivity contribution in [2.45, 2.75) is 26.2 Å². The summed E-state index contributed by atoms with van der Waals surface area (Å²) in [5.74, 6) is 0.369. The van der Waals surface area contributed by atoms with Crippen LogP contribution in [0.2, 0.25) is 0 Å². The first-order chi connectivity index (χ1) is 8.16. The van der Waals surface area contributed by atoms with Gasteiger partial charge in [-0.15, -0.1) is 0 Å². The highest BCUT2D eigenvalue weighted by Crippen LogP contribution is 2.22. The molecule has 0 amide bonds. The third kappa shape index (κ3) is 3.22. The Morgan fingerprint density at radius 2 is 2.41 bits per heavy atom. The Labute approximate surface area is 109 Å². The third-order valence-corrected chi connectivity index (χ3v) is 3.29. The lowest BCUT2D eigenvalue weighted by Gasteiger charge is -2.16. The van der Waals surface area contributed by atoms with Gasteiger partial charge in [0.1, 0.15) is 0 Å². The minimum atomic E-state index is -0.372. The van der Waals surface area contributed by atoms with Gasteiger partial charge in [0, 0.05) is 5.56 Å². The molecule has 1 aliphatic rings. The zero-order valence-corrected chi connectivity index (χ0v) is 11.3. The molecule has 1 atom stereocenters. The third-order valence-electron chi connectivity index (χ3n) is 2.90. The van der Waals surface area contributed by atoms with Crippen LogP contribution in [0.1, 0.15) is 35.4 Å². The number of allylic oxidation sites excluding steroid dienone is 2. The number of carbonyl (C=O) groups excluding carboxylic acids is 1. The minimum Gasteiger partial charge on any atom is -0.460 e. The van der Waals surface area contributed by atoms with E-state index in [2.05, 4.69) is 28.1 Å². The number of ether oxygens (including phenoxy) is 1. The van der Waals surface area contributed by atoms with E-state index < -0.39 is 0 Å². The highest BCUT2D eigenvalue weighted by molar-refractivity contribution is 9.10. The first kappa shape index (κ1) is 12.4. The van der Waals surface area contributed by atoms with E-state index in [0.29, 0.717) is 23.0 Å². The number of aryl methyl sites for hydroxylation is 1. The average Bonchev–Trinajstić information content (AvgIpc) is 2.67. The summed E-state index contributed by atoms with van der Waals surface area (Å²) in [4.78, 5) is 11.8. The van der Waals surface area contributed by atoms with Crippen molar-refractivity contribution < 1.29 is 13.9 Å². The number of furan rings is 1. The lowest BCUT2D eigenvalue weighted by Crippen LogP contribution is -2.15. The Hall–Kier alpha value is -1.03. The number of hydrogen-bond acceptors (Lipinski definition) is 3. The van der Waals surface area contributed by atoms with Crippen molar-refractivity contribution in [3.8, 4) is 0 Å². The highest BCUT2D eigenvalue weighted by atomic mass is 79.9. The lowest BCUT2D eigenvalue weighted by atomic mass is 9.95. The quantitative estimate of drug-likeness (QED) is 0.628. The van der Waals surface area contributed by atoms with Crippen molar-refractivity contribution in [2.75, 3.05) is 6.61 Å². The molecular weight excluding hydrogens is 284 g/mol. The van der Waals surface area contributed by atoms with Gasteiger partial charge in [-0.05, 0) is 54.1 Å². The molecule has 3 nitrogen and oxygen atoms in total. The molecule has 17 heavy (non-hydrogen) atoms. The number of carbonyl (C=O) groups is 1. The fourth-order valence-corrected chi connectivity index (χ4v) is 2.42. The molecule has 4 heteroatoms. The molecule has 1 aliphatic carbocycles. The van der Waals surface area contributed by atoms with E-state index in [-0.39, 0.29) is 5.97 Å². The van der Waals surface area contributed by atoms with Crippen LogP contribution >= 0.6 is 15.9 Å². The van der Waals surface area contributed by atoms with Crippen molar-refractivity contribution in [3.63, 3.8) is 0 Å². The monoisotopic (exact) mass is 298 g/mol. The molecule has 0 N–H and O–H groups in total. The van der Waals surface area contributed by atoms with Crippen LogP contribution in [0, 0.1) is 12.8 Å². The van der Waals surface area contributed by atoms with E-state index in [0.717, 1.165) is 24.8 Å². The first-order valence-corrected chi connectivity index (χ1v) is 6.54. The largest absolute Gasteiger partial charge is 0.460 e. The first-order valence-electron chi connectivity index (χ1n) is 5.75. The molecule has 1 aromatic rings. The molecule has 0 bridgehead atoms. The fraction of sp³-hybridized carbons (Fsp3) is 0.462. The molecule has 1 unspecified atom stereocenters. The summed E-state index contributed by atoms with van der Waals surface area (Å²) in [6, 6.07) is 1.76. The maximum atomic E-state index is 11.8. The van der Waals surface area contributed by atoms with Crippen LogP contribution in [0.15, 0.2) is 27.3 Å². The van der Waals surface area contributed by atoms with Gasteiger partial charge < -0.3 is 9.15 Å². The van der Waals surface area contributed by atoms with E-state index in [9.17, 15) is 4.79 Å². The predicted molar refractivity (Wildman–Crippen MR) is 67.9 cm³/mol. The molecule has 0 spiro atoms. The lowest BCUT2D eigenvalue weighted by molar-refractivity contribution is 0.0394. The van der Waals surface area contributed by atoms with Gasteiger partial charge in [-0.1, -0.05) is 12.2 Å². The second kappa shape index (κ2) is 5.54. The number of rotatable bonds is 3. The second-order valence-electron chi connectivity index (χ2n) is 4.31. The number of esters is 1. The maximum Gasteiger partial charge on any atom is 0.374 e. The van der Waals surface area contributed by atoms with Crippen LogP contribution < -0.4 is 0 Å². The van der Waals surface area contributed by atoms with E-state index in [1.807, 2.05) is 6.92 Å². The normalized spacial score (nSPS) is 19.3. The van der Waals surface area contributed by atoms with E-state index in [1.165, 1.54) is 0 Å². The van der Waals surface area contributed by atoms with Gasteiger partial charge in [-0.3, -0.25) is 0 Å².